The van der Waals surface area contributed by atoms with E-state index in [2.05, 4.69) is 12.0 Å². The number of allylic oxidation sites excluding steroid dienone is 6. The first kappa shape index (κ1) is 59.6. The van der Waals surface area contributed by atoms with E-state index in [1.807, 2.05) is 58.1 Å². The van der Waals surface area contributed by atoms with Gasteiger partial charge in [-0.2, -0.15) is 0 Å². The Kier molecular flexibility index (Phi) is 24.3. The predicted molar refractivity (Wildman–Crippen MR) is 268 cm³/mol. The highest BCUT2D eigenvalue weighted by atomic mass is 16.6. The summed E-state index contributed by atoms with van der Waals surface area (Å²) in [5.74, 6) is -5.27. The molecule has 3 aliphatic heterocycles. The van der Waals surface area contributed by atoms with Crippen LogP contribution < -0.4 is 0 Å². The van der Waals surface area contributed by atoms with E-state index < -0.39 is 77.8 Å². The molecule has 3 fully saturated rings. The number of methoxy groups -OCH3 is 3. The van der Waals surface area contributed by atoms with E-state index in [-0.39, 0.29) is 67.3 Å². The highest BCUT2D eigenvalue weighted by Crippen LogP contribution is 2.38. The van der Waals surface area contributed by atoms with Crippen molar-refractivity contribution in [1.82, 2.24) is 4.90 Å². The summed E-state index contributed by atoms with van der Waals surface area (Å²) in [6, 6.07) is -1.15. The molecular weight excluding hydrogens is 911 g/mol. The summed E-state index contributed by atoms with van der Waals surface area (Å²) in [5.41, 5.74) is 1.20. The summed E-state index contributed by atoms with van der Waals surface area (Å²) < 4.78 is 41.2. The maximum atomic E-state index is 14.5. The Morgan fingerprint density at radius 3 is 2.31 bits per heavy atom. The number of aliphatic hydroxyl groups excluding tert-OH is 1. The third-order valence-corrected chi connectivity index (χ3v) is 15.1. The number of ketones is 3. The second-order valence-corrected chi connectivity index (χ2v) is 20.7. The number of fused-ring (bicyclic) bond motifs is 3. The highest BCUT2D eigenvalue weighted by Gasteiger charge is 2.53. The number of amides is 1. The zero-order valence-electron chi connectivity index (χ0n) is 44.4. The minimum absolute atomic E-state index is 0.000433. The normalized spacial score (nSPS) is 37.7. The van der Waals surface area contributed by atoms with Gasteiger partial charge in [-0.1, -0.05) is 77.0 Å². The molecule has 15 nitrogen and oxygen atoms in total. The molecular formula is C56H85NO14. The fourth-order valence-corrected chi connectivity index (χ4v) is 10.6. The lowest BCUT2D eigenvalue weighted by Crippen LogP contribution is -2.61. The number of Topliss-reactive ketones (excluding diaryl/α,β-unsaturated/α-hetero) is 3. The third kappa shape index (κ3) is 16.8. The number of hydrogen-bond donors (Lipinski definition) is 2. The Morgan fingerprint density at radius 2 is 1.62 bits per heavy atom. The van der Waals surface area contributed by atoms with Crippen LogP contribution in [-0.2, 0) is 57.1 Å². The molecule has 2 N–H and O–H groups in total. The van der Waals surface area contributed by atoms with E-state index in [1.54, 1.807) is 48.0 Å². The molecule has 3 heterocycles. The van der Waals surface area contributed by atoms with Crippen molar-refractivity contribution in [2.75, 3.05) is 41.1 Å². The summed E-state index contributed by atoms with van der Waals surface area (Å²) in [5, 5.41) is 23.6. The highest BCUT2D eigenvalue weighted by molar-refractivity contribution is 6.39. The van der Waals surface area contributed by atoms with Gasteiger partial charge in [-0.15, -0.1) is 0 Å². The molecule has 0 spiro atoms. The molecule has 2 bridgehead atoms. The molecule has 0 unspecified atom stereocenters. The van der Waals surface area contributed by atoms with Crippen LogP contribution in [0.25, 0.3) is 0 Å². The predicted octanol–water partition coefficient (Wildman–Crippen LogP) is 7.20. The van der Waals surface area contributed by atoms with Crippen LogP contribution in [0.5, 0.6) is 0 Å². The number of rotatable bonds is 10. The van der Waals surface area contributed by atoms with Crippen LogP contribution >= 0.6 is 0 Å². The number of carbonyl (C=O) groups excluding carboxylic acids is 5. The Morgan fingerprint density at radius 1 is 0.873 bits per heavy atom. The van der Waals surface area contributed by atoms with Crippen molar-refractivity contribution in [3.63, 3.8) is 0 Å². The molecule has 4 rings (SSSR count). The third-order valence-electron chi connectivity index (χ3n) is 15.1. The van der Waals surface area contributed by atoms with Crippen LogP contribution in [0.3, 0.4) is 0 Å². The summed E-state index contributed by atoms with van der Waals surface area (Å²) in [4.78, 5) is 72.5. The number of nitrogens with zero attached hydrogens (tertiary/aromatic N) is 1. The molecule has 15 heteroatoms. The lowest BCUT2D eigenvalue weighted by Gasteiger charge is -2.42. The topological polar surface area (TPSA) is 194 Å². The second kappa shape index (κ2) is 29.0. The van der Waals surface area contributed by atoms with Gasteiger partial charge >= 0.3 is 5.97 Å². The fourth-order valence-electron chi connectivity index (χ4n) is 10.6. The SMILES string of the molecule is CC#CO[C@H]1C[C@@H]2CC[C@@H](C)[C@@](O)(O2)C(=O)C(=O)N2CCCC[C@H]2C(=O)O[C@H]([C@H](C)C[C@@H]2CC[C@H](OCCOC)[C@H](OC)C2)CC(=O)[C@H](C)/C=C(\C)[C@@H](O)[C@@H](OC)C(=O)[C@H](C)C[C@H](C)/C=C/C=C/C=C/1C. The molecule has 398 valence electrons. The molecule has 15 atom stereocenters. The number of hydrogen-bond acceptors (Lipinski definition) is 14. The van der Waals surface area contributed by atoms with Crippen LogP contribution in [0, 0.1) is 47.5 Å². The molecule has 0 aromatic rings. The number of cyclic esters (lactones) is 1. The number of ether oxygens (including phenoxy) is 7. The standard InChI is InChI=1S/C56H85NO14/c1-12-26-68-47-33-43-23-21-41(8)56(64,71-43)53(61)54(62)57-25-17-16-20-44(57)55(63)70-48(38(5)31-42-22-24-46(49(32-42)66-10)69-28-27-65-9)34-45(58)37(4)30-40(7)51(60)52(67-11)50(59)39(6)29-35(2)18-14-13-15-19-36(47)3/h13-15,18-19,30,35,37-39,41-44,46-49,51-52,60,64H,16-17,20-25,27-29,31-34H2,1-11H3/b15-13+,18-14+,36-19+,40-30+/t35-,37-,38-,39-,41-,42+,43+,44+,46+,47+,48+,49-,51-,52+,56-/m1/s1. The minimum atomic E-state index is -2.47. The van der Waals surface area contributed by atoms with Gasteiger partial charge in [0, 0.05) is 65.4 Å². The molecule has 4 aliphatic rings. The Bertz CT molecular complexity index is 1970. The van der Waals surface area contributed by atoms with Gasteiger partial charge in [-0.25, -0.2) is 4.79 Å². The summed E-state index contributed by atoms with van der Waals surface area (Å²) in [7, 11) is 4.67. The van der Waals surface area contributed by atoms with Crippen molar-refractivity contribution in [3.05, 3.63) is 47.6 Å². The molecule has 2 saturated heterocycles. The molecule has 1 amide bonds. The van der Waals surface area contributed by atoms with Crippen LogP contribution in [0.15, 0.2) is 47.6 Å². The number of piperidine rings is 1. The first-order valence-corrected chi connectivity index (χ1v) is 25.9. The van der Waals surface area contributed by atoms with Crippen molar-refractivity contribution >= 4 is 29.2 Å². The lowest BCUT2D eigenvalue weighted by atomic mass is 9.78. The van der Waals surface area contributed by atoms with Crippen LogP contribution in [-0.4, -0.2) is 140 Å². The Balaban J connectivity index is 1.71. The zero-order valence-corrected chi connectivity index (χ0v) is 44.4. The van der Waals surface area contributed by atoms with Gasteiger partial charge in [-0.3, -0.25) is 19.2 Å². The molecule has 71 heavy (non-hydrogen) atoms. The zero-order chi connectivity index (χ0) is 52.4. The van der Waals surface area contributed by atoms with Crippen LogP contribution in [0.4, 0.5) is 0 Å². The van der Waals surface area contributed by atoms with E-state index in [0.29, 0.717) is 63.7 Å². The van der Waals surface area contributed by atoms with E-state index in [9.17, 15) is 34.2 Å². The maximum absolute atomic E-state index is 14.5. The van der Waals surface area contributed by atoms with E-state index in [1.165, 1.54) is 12.0 Å². The summed E-state index contributed by atoms with van der Waals surface area (Å²) in [6.45, 7) is 15.3. The first-order valence-electron chi connectivity index (χ1n) is 25.9. The minimum Gasteiger partial charge on any atom is -0.460 e. The van der Waals surface area contributed by atoms with Gasteiger partial charge in [0.1, 0.15) is 42.3 Å². The average molecular weight is 996 g/mol. The largest absolute Gasteiger partial charge is 0.460 e. The average Bonchev–Trinajstić information content (AvgIpc) is 3.35. The summed E-state index contributed by atoms with van der Waals surface area (Å²) >= 11 is 0. The first-order chi connectivity index (χ1) is 33.8. The van der Waals surface area contributed by atoms with E-state index in [4.69, 9.17) is 33.2 Å². The number of esters is 1. The lowest BCUT2D eigenvalue weighted by molar-refractivity contribution is -0.265. The van der Waals surface area contributed by atoms with Crippen molar-refractivity contribution in [3.8, 4) is 12.0 Å². The van der Waals surface area contributed by atoms with Crippen molar-refractivity contribution < 1.29 is 67.3 Å². The second-order valence-electron chi connectivity index (χ2n) is 20.7. The van der Waals surface area contributed by atoms with Crippen molar-refractivity contribution in [2.45, 2.75) is 187 Å². The smallest absolute Gasteiger partial charge is 0.329 e. The van der Waals surface area contributed by atoms with Gasteiger partial charge in [0.25, 0.3) is 11.7 Å². The van der Waals surface area contributed by atoms with Gasteiger partial charge < -0.3 is 48.3 Å². The van der Waals surface area contributed by atoms with Gasteiger partial charge in [0.05, 0.1) is 31.5 Å². The fraction of sp³-hybridized carbons (Fsp3) is 0.732. The van der Waals surface area contributed by atoms with Crippen molar-refractivity contribution in [1.29, 1.82) is 0 Å². The van der Waals surface area contributed by atoms with E-state index >= 15 is 0 Å². The van der Waals surface area contributed by atoms with Crippen LogP contribution in [0.1, 0.15) is 132 Å². The van der Waals surface area contributed by atoms with E-state index in [0.717, 1.165) is 18.4 Å². The maximum Gasteiger partial charge on any atom is 0.329 e. The Labute approximate surface area is 423 Å². The molecule has 0 aromatic carbocycles. The van der Waals surface area contributed by atoms with Gasteiger partial charge in [-0.05, 0) is 107 Å². The number of aliphatic hydroxyl groups is 2. The van der Waals surface area contributed by atoms with Crippen molar-refractivity contribution in [2.24, 2.45) is 35.5 Å². The quantitative estimate of drug-likeness (QED) is 0.0734. The molecule has 0 aromatic heterocycles. The molecule has 1 saturated carbocycles. The molecule has 0 radical (unpaired) electrons. The Hall–Kier alpha value is -4.01. The van der Waals surface area contributed by atoms with Gasteiger partial charge in [0.2, 0.25) is 5.79 Å². The molecule has 1 aliphatic carbocycles. The van der Waals surface area contributed by atoms with Crippen LogP contribution in [0.2, 0.25) is 0 Å². The van der Waals surface area contributed by atoms with Gasteiger partial charge in [0.15, 0.2) is 5.78 Å². The monoisotopic (exact) mass is 996 g/mol. The number of carbonyl (C=O) groups is 5. The summed E-state index contributed by atoms with van der Waals surface area (Å²) in [6.07, 6.45) is 14.5.